The summed E-state index contributed by atoms with van der Waals surface area (Å²) in [5, 5.41) is 9.40. The van der Waals surface area contributed by atoms with Crippen LogP contribution in [0.15, 0.2) is 60.9 Å². The van der Waals surface area contributed by atoms with Crippen molar-refractivity contribution in [2.24, 2.45) is 0 Å². The quantitative estimate of drug-likeness (QED) is 0.602. The second-order valence-electron chi connectivity index (χ2n) is 7.83. The van der Waals surface area contributed by atoms with Crippen molar-refractivity contribution in [2.45, 2.75) is 32.1 Å². The molecule has 5 nitrogen and oxygen atoms in total. The number of anilines is 2. The lowest BCUT2D eigenvalue weighted by molar-refractivity contribution is 0.0695. The number of ether oxygens (including phenoxy) is 1. The number of benzene rings is 2. The van der Waals surface area contributed by atoms with Gasteiger partial charge in [0.1, 0.15) is 5.75 Å². The second kappa shape index (κ2) is 8.57. The van der Waals surface area contributed by atoms with Crippen molar-refractivity contribution in [1.29, 1.82) is 0 Å². The van der Waals surface area contributed by atoms with E-state index in [4.69, 9.17) is 4.74 Å². The van der Waals surface area contributed by atoms with Crippen molar-refractivity contribution in [3.05, 3.63) is 83.2 Å². The molecule has 1 aliphatic rings. The molecule has 0 amide bonds. The fraction of sp³-hybridized carbons (Fsp3) is 0.280. The van der Waals surface area contributed by atoms with Gasteiger partial charge in [-0.3, -0.25) is 4.98 Å². The summed E-state index contributed by atoms with van der Waals surface area (Å²) < 4.78 is 5.98. The number of aryl methyl sites for hydroxylation is 2. The second-order valence-corrected chi connectivity index (χ2v) is 7.83. The van der Waals surface area contributed by atoms with Crippen LogP contribution in [0.1, 0.15) is 45.8 Å². The monoisotopic (exact) mass is 402 g/mol. The average Bonchev–Trinajstić information content (AvgIpc) is 2.77. The summed E-state index contributed by atoms with van der Waals surface area (Å²) in [6.45, 7) is 2.76. The number of hydrogen-bond acceptors (Lipinski definition) is 4. The van der Waals surface area contributed by atoms with Crippen LogP contribution in [0.4, 0.5) is 11.4 Å². The number of hydrogen-bond donors (Lipinski definition) is 1. The third kappa shape index (κ3) is 4.15. The number of pyridine rings is 1. The Balaban J connectivity index is 1.52. The first-order valence-corrected chi connectivity index (χ1v) is 10.3. The highest BCUT2D eigenvalue weighted by molar-refractivity contribution is 5.89. The van der Waals surface area contributed by atoms with Gasteiger partial charge in [-0.15, -0.1) is 0 Å². The molecule has 1 N–H and O–H groups in total. The van der Waals surface area contributed by atoms with E-state index in [9.17, 15) is 9.90 Å². The zero-order valence-corrected chi connectivity index (χ0v) is 17.3. The highest BCUT2D eigenvalue weighted by Crippen LogP contribution is 2.39. The molecule has 30 heavy (non-hydrogen) atoms. The molecule has 3 aromatic rings. The number of carboxylic acids is 1. The lowest BCUT2D eigenvalue weighted by Crippen LogP contribution is -2.17. The van der Waals surface area contributed by atoms with Gasteiger partial charge in [-0.05, 0) is 67.5 Å². The maximum Gasteiger partial charge on any atom is 0.336 e. The summed E-state index contributed by atoms with van der Waals surface area (Å²) in [5.74, 6) is 0.366. The average molecular weight is 402 g/mol. The van der Waals surface area contributed by atoms with Gasteiger partial charge in [-0.25, -0.2) is 4.79 Å². The van der Waals surface area contributed by atoms with Gasteiger partial charge < -0.3 is 14.7 Å². The van der Waals surface area contributed by atoms with Gasteiger partial charge in [-0.1, -0.05) is 23.8 Å². The van der Waals surface area contributed by atoms with Crippen LogP contribution in [0.5, 0.6) is 5.75 Å². The highest BCUT2D eigenvalue weighted by atomic mass is 16.5. The minimum Gasteiger partial charge on any atom is -0.493 e. The predicted octanol–water partition coefficient (Wildman–Crippen LogP) is 5.36. The van der Waals surface area contributed by atoms with Gasteiger partial charge in [0, 0.05) is 36.9 Å². The number of rotatable bonds is 6. The van der Waals surface area contributed by atoms with Gasteiger partial charge in [-0.2, -0.15) is 0 Å². The molecule has 1 aromatic heterocycles. The maximum atomic E-state index is 11.5. The smallest absolute Gasteiger partial charge is 0.336 e. The van der Waals surface area contributed by atoms with Crippen LogP contribution in [-0.2, 0) is 6.42 Å². The highest BCUT2D eigenvalue weighted by Gasteiger charge is 2.23. The van der Waals surface area contributed by atoms with Crippen LogP contribution in [0, 0.1) is 6.92 Å². The Bertz CT molecular complexity index is 1050. The molecule has 4 rings (SSSR count). The Morgan fingerprint density at radius 3 is 2.70 bits per heavy atom. The molecule has 154 valence electrons. The van der Waals surface area contributed by atoms with Crippen LogP contribution >= 0.6 is 0 Å². The first-order chi connectivity index (χ1) is 14.5. The molecule has 0 bridgehead atoms. The fourth-order valence-corrected chi connectivity index (χ4v) is 4.04. The summed E-state index contributed by atoms with van der Waals surface area (Å²) in [6, 6.07) is 16.4. The molecule has 0 aliphatic carbocycles. The van der Waals surface area contributed by atoms with Crippen molar-refractivity contribution >= 4 is 17.3 Å². The Labute approximate surface area is 177 Å². The largest absolute Gasteiger partial charge is 0.493 e. The van der Waals surface area contributed by atoms with Gasteiger partial charge >= 0.3 is 5.97 Å². The van der Waals surface area contributed by atoms with Crippen molar-refractivity contribution in [1.82, 2.24) is 4.98 Å². The number of nitrogens with zero attached hydrogens (tertiary/aromatic N) is 2. The van der Waals surface area contributed by atoms with Crippen LogP contribution in [0.25, 0.3) is 0 Å². The number of aromatic nitrogens is 1. The molecule has 0 spiro atoms. The SMILES string of the molecule is Cc1ccc(N(C)c2ccc3c(c2)OCC[C@H]3CCc2cnccc2C(=O)O)cc1. The number of carboxylic acid groups (broad SMARTS) is 1. The molecule has 2 heterocycles. The van der Waals surface area contributed by atoms with Gasteiger partial charge in [0.2, 0.25) is 0 Å². The zero-order valence-electron chi connectivity index (χ0n) is 17.3. The maximum absolute atomic E-state index is 11.5. The Morgan fingerprint density at radius 1 is 1.17 bits per heavy atom. The molecule has 1 aliphatic heterocycles. The minimum atomic E-state index is -0.899. The topological polar surface area (TPSA) is 62.7 Å². The molecule has 0 radical (unpaired) electrons. The summed E-state index contributed by atoms with van der Waals surface area (Å²) in [6.07, 6.45) is 5.69. The summed E-state index contributed by atoms with van der Waals surface area (Å²) in [4.78, 5) is 17.7. The molecule has 0 saturated heterocycles. The number of carbonyl (C=O) groups is 1. The lowest BCUT2D eigenvalue weighted by Gasteiger charge is -2.28. The Hall–Kier alpha value is -3.34. The van der Waals surface area contributed by atoms with Crippen molar-refractivity contribution in [3.63, 3.8) is 0 Å². The molecular formula is C25H26N2O3. The molecule has 5 heteroatoms. The van der Waals surface area contributed by atoms with E-state index >= 15 is 0 Å². The number of fused-ring (bicyclic) bond motifs is 1. The molecule has 1 atom stereocenters. The van der Waals surface area contributed by atoms with E-state index in [0.717, 1.165) is 35.5 Å². The van der Waals surface area contributed by atoms with Crippen LogP contribution in [0.3, 0.4) is 0 Å². The Morgan fingerprint density at radius 2 is 1.93 bits per heavy atom. The van der Waals surface area contributed by atoms with Crippen LogP contribution in [-0.4, -0.2) is 29.7 Å². The van der Waals surface area contributed by atoms with E-state index in [1.807, 2.05) is 0 Å². The number of aromatic carboxylic acids is 1. The first kappa shape index (κ1) is 20.0. The molecule has 0 unspecified atom stereocenters. The third-order valence-electron chi connectivity index (χ3n) is 5.87. The van der Waals surface area contributed by atoms with E-state index in [0.29, 0.717) is 24.5 Å². The van der Waals surface area contributed by atoms with Crippen molar-refractivity contribution in [2.75, 3.05) is 18.6 Å². The van der Waals surface area contributed by atoms with Crippen molar-refractivity contribution < 1.29 is 14.6 Å². The minimum absolute atomic E-state index is 0.340. The molecule has 0 saturated carbocycles. The molecule has 0 fully saturated rings. The zero-order chi connectivity index (χ0) is 21.1. The predicted molar refractivity (Wildman–Crippen MR) is 118 cm³/mol. The van der Waals surface area contributed by atoms with E-state index in [1.54, 1.807) is 12.3 Å². The van der Waals surface area contributed by atoms with Gasteiger partial charge in [0.15, 0.2) is 0 Å². The van der Waals surface area contributed by atoms with Gasteiger partial charge in [0.25, 0.3) is 0 Å². The summed E-state index contributed by atoms with van der Waals surface area (Å²) in [7, 11) is 2.06. The van der Waals surface area contributed by atoms with Crippen LogP contribution in [0.2, 0.25) is 0 Å². The normalized spacial score (nSPS) is 15.2. The lowest BCUT2D eigenvalue weighted by atomic mass is 9.87. The Kier molecular flexibility index (Phi) is 5.70. The first-order valence-electron chi connectivity index (χ1n) is 10.3. The fourth-order valence-electron chi connectivity index (χ4n) is 4.04. The van der Waals surface area contributed by atoms with E-state index in [1.165, 1.54) is 17.3 Å². The van der Waals surface area contributed by atoms with Crippen LogP contribution < -0.4 is 9.64 Å². The van der Waals surface area contributed by atoms with E-state index in [2.05, 4.69) is 66.3 Å². The third-order valence-corrected chi connectivity index (χ3v) is 5.87. The van der Waals surface area contributed by atoms with E-state index in [-0.39, 0.29) is 0 Å². The van der Waals surface area contributed by atoms with Gasteiger partial charge in [0.05, 0.1) is 12.2 Å². The van der Waals surface area contributed by atoms with E-state index < -0.39 is 5.97 Å². The molecular weight excluding hydrogens is 376 g/mol. The summed E-state index contributed by atoms with van der Waals surface area (Å²) in [5.41, 5.74) is 5.77. The van der Waals surface area contributed by atoms with Crippen molar-refractivity contribution in [3.8, 4) is 5.75 Å². The summed E-state index contributed by atoms with van der Waals surface area (Å²) >= 11 is 0. The molecule has 2 aromatic carbocycles. The standard InChI is InChI=1S/C25H26N2O3/c1-17-3-7-20(8-4-17)27(2)21-9-10-22-18(12-14-30-24(22)15-21)5-6-19-16-26-13-11-23(19)25(28)29/h3-4,7-11,13,15-16,18H,5-6,12,14H2,1-2H3,(H,28,29)/t18-/m1/s1.